The highest BCUT2D eigenvalue weighted by Gasteiger charge is 2.02. The van der Waals surface area contributed by atoms with E-state index in [2.05, 4.69) is 37.3 Å². The fraction of sp³-hybridized carbons (Fsp3) is 0.500. The van der Waals surface area contributed by atoms with Crippen molar-refractivity contribution < 1.29 is 0 Å². The Morgan fingerprint density at radius 1 is 1.00 bits per heavy atom. The van der Waals surface area contributed by atoms with E-state index >= 15 is 0 Å². The van der Waals surface area contributed by atoms with Crippen LogP contribution in [0.4, 0.5) is 0 Å². The summed E-state index contributed by atoms with van der Waals surface area (Å²) in [6.07, 6.45) is 6.90. The Bertz CT molecular complexity index is 295. The van der Waals surface area contributed by atoms with E-state index in [1.165, 1.54) is 29.5 Å². The predicted octanol–water partition coefficient (Wildman–Crippen LogP) is 5.64. The lowest BCUT2D eigenvalue weighted by Crippen LogP contribution is -1.93. The van der Waals surface area contributed by atoms with Crippen LogP contribution in [0.5, 0.6) is 0 Å². The first-order valence-electron chi connectivity index (χ1n) is 6.12. The fourth-order valence-electron chi connectivity index (χ4n) is 1.55. The number of hydrogen-bond donors (Lipinski definition) is 0. The van der Waals surface area contributed by atoms with Crippen LogP contribution in [0.25, 0.3) is 6.08 Å². The second-order valence-corrected chi connectivity index (χ2v) is 3.14. The lowest BCUT2D eigenvalue weighted by atomic mass is 9.96. The summed E-state index contributed by atoms with van der Waals surface area (Å²) in [6, 6.07) is 6.69. The van der Waals surface area contributed by atoms with Crippen molar-refractivity contribution in [2.75, 3.05) is 0 Å². The maximum absolute atomic E-state index is 2.25. The molecule has 2 rings (SSSR count). The monoisotopic (exact) mass is 220 g/mol. The number of allylic oxidation sites excluding steroid dienone is 1. The van der Waals surface area contributed by atoms with Gasteiger partial charge in [-0.25, -0.2) is 0 Å². The van der Waals surface area contributed by atoms with Crippen LogP contribution in [0, 0.1) is 6.92 Å². The number of aryl methyl sites for hydroxylation is 2. The van der Waals surface area contributed by atoms with Crippen molar-refractivity contribution in [1.29, 1.82) is 0 Å². The molecule has 1 aromatic carbocycles. The topological polar surface area (TPSA) is 0 Å². The van der Waals surface area contributed by atoms with Gasteiger partial charge in [0.15, 0.2) is 0 Å². The second-order valence-electron chi connectivity index (χ2n) is 3.14. The van der Waals surface area contributed by atoms with Gasteiger partial charge in [0.2, 0.25) is 0 Å². The molecule has 0 aliphatic heterocycles. The summed E-state index contributed by atoms with van der Waals surface area (Å²) < 4.78 is 0. The number of fused-ring (bicyclic) bond motifs is 1. The van der Waals surface area contributed by atoms with E-state index in [0.717, 1.165) is 0 Å². The van der Waals surface area contributed by atoms with Gasteiger partial charge in [-0.1, -0.05) is 71.0 Å². The number of rotatable bonds is 0. The summed E-state index contributed by atoms with van der Waals surface area (Å²) >= 11 is 0. The molecule has 0 bridgehead atoms. The third-order valence-electron chi connectivity index (χ3n) is 2.18. The Hall–Kier alpha value is -1.04. The van der Waals surface area contributed by atoms with Gasteiger partial charge in [0, 0.05) is 0 Å². The molecule has 0 fully saturated rings. The summed E-state index contributed by atoms with van der Waals surface area (Å²) in [5.74, 6) is 0. The molecule has 1 aliphatic carbocycles. The Kier molecular flexibility index (Phi) is 11.4. The van der Waals surface area contributed by atoms with Crippen LogP contribution in [-0.4, -0.2) is 0 Å². The summed E-state index contributed by atoms with van der Waals surface area (Å²) in [4.78, 5) is 0. The zero-order valence-electron chi connectivity index (χ0n) is 10.8. The minimum absolute atomic E-state index is 0. The van der Waals surface area contributed by atoms with Crippen molar-refractivity contribution in [2.45, 2.75) is 54.9 Å². The van der Waals surface area contributed by atoms with Crippen LogP contribution in [-0.2, 0) is 6.42 Å². The summed E-state index contributed by atoms with van der Waals surface area (Å²) in [7, 11) is 0. The van der Waals surface area contributed by atoms with Gasteiger partial charge in [0.1, 0.15) is 0 Å². The predicted molar refractivity (Wildman–Crippen MR) is 78.0 cm³/mol. The molecule has 16 heavy (non-hydrogen) atoms. The zero-order valence-corrected chi connectivity index (χ0v) is 10.8. The van der Waals surface area contributed by atoms with Gasteiger partial charge in [-0.2, -0.15) is 0 Å². The molecule has 0 radical (unpaired) electrons. The average Bonchev–Trinajstić information content (AvgIpc) is 2.34. The van der Waals surface area contributed by atoms with Gasteiger partial charge in [-0.05, 0) is 30.9 Å². The highest BCUT2D eigenvalue weighted by molar-refractivity contribution is 5.57. The SMILES string of the molecule is C.CC.CC.Cc1ccc2c(c1)C=CCC2. The molecule has 1 aliphatic rings. The molecule has 0 atom stereocenters. The van der Waals surface area contributed by atoms with E-state index in [9.17, 15) is 0 Å². The van der Waals surface area contributed by atoms with Gasteiger partial charge in [-0.3, -0.25) is 0 Å². The first-order valence-corrected chi connectivity index (χ1v) is 6.12. The van der Waals surface area contributed by atoms with Crippen molar-refractivity contribution >= 4 is 6.08 Å². The van der Waals surface area contributed by atoms with Crippen LogP contribution in [0.3, 0.4) is 0 Å². The standard InChI is InChI=1S/C11H12.2C2H6.CH4/c1-9-6-7-10-4-2-3-5-11(10)8-9;2*1-2;/h3,5-8H,2,4H2,1H3;2*1-2H3;1H4. The van der Waals surface area contributed by atoms with Crippen LogP contribution >= 0.6 is 0 Å². The van der Waals surface area contributed by atoms with Crippen molar-refractivity contribution in [3.8, 4) is 0 Å². The molecule has 0 heterocycles. The molecular weight excluding hydrogens is 192 g/mol. The summed E-state index contributed by atoms with van der Waals surface area (Å²) in [6.45, 7) is 10.1. The van der Waals surface area contributed by atoms with Crippen LogP contribution < -0.4 is 0 Å². The van der Waals surface area contributed by atoms with E-state index < -0.39 is 0 Å². The van der Waals surface area contributed by atoms with Gasteiger partial charge in [0.25, 0.3) is 0 Å². The lowest BCUT2D eigenvalue weighted by Gasteiger charge is -2.09. The molecule has 0 amide bonds. The maximum Gasteiger partial charge on any atom is -0.0225 e. The minimum Gasteiger partial charge on any atom is -0.0836 e. The van der Waals surface area contributed by atoms with E-state index in [1.54, 1.807) is 0 Å². The van der Waals surface area contributed by atoms with Gasteiger partial charge >= 0.3 is 0 Å². The van der Waals surface area contributed by atoms with Crippen LogP contribution in [0.15, 0.2) is 24.3 Å². The van der Waals surface area contributed by atoms with E-state index in [-0.39, 0.29) is 7.43 Å². The smallest absolute Gasteiger partial charge is 0.0225 e. The first-order chi connectivity index (χ1) is 7.36. The maximum atomic E-state index is 2.25. The number of hydrogen-bond acceptors (Lipinski definition) is 0. The Balaban J connectivity index is 0. The van der Waals surface area contributed by atoms with Crippen molar-refractivity contribution in [3.63, 3.8) is 0 Å². The molecule has 1 aromatic rings. The molecule has 92 valence electrons. The summed E-state index contributed by atoms with van der Waals surface area (Å²) in [5, 5.41) is 0. The Morgan fingerprint density at radius 2 is 1.62 bits per heavy atom. The summed E-state index contributed by atoms with van der Waals surface area (Å²) in [5.41, 5.74) is 4.27. The van der Waals surface area contributed by atoms with E-state index in [1.807, 2.05) is 27.7 Å². The average molecular weight is 220 g/mol. The molecule has 0 spiro atoms. The van der Waals surface area contributed by atoms with Crippen LogP contribution in [0.2, 0.25) is 0 Å². The molecule has 0 saturated heterocycles. The molecule has 0 heteroatoms. The Morgan fingerprint density at radius 3 is 2.25 bits per heavy atom. The molecule has 0 nitrogen and oxygen atoms in total. The molecule has 0 N–H and O–H groups in total. The molecule has 0 saturated carbocycles. The molecule has 0 unspecified atom stereocenters. The van der Waals surface area contributed by atoms with Gasteiger partial charge in [-0.15, -0.1) is 0 Å². The highest BCUT2D eigenvalue weighted by atomic mass is 14.1. The third-order valence-corrected chi connectivity index (χ3v) is 2.18. The van der Waals surface area contributed by atoms with Crippen LogP contribution in [0.1, 0.15) is 58.2 Å². The van der Waals surface area contributed by atoms with Gasteiger partial charge < -0.3 is 0 Å². The third kappa shape index (κ3) is 5.16. The van der Waals surface area contributed by atoms with Crippen molar-refractivity contribution in [2.24, 2.45) is 0 Å². The zero-order chi connectivity index (χ0) is 11.7. The van der Waals surface area contributed by atoms with Crippen molar-refractivity contribution in [1.82, 2.24) is 0 Å². The van der Waals surface area contributed by atoms with Crippen molar-refractivity contribution in [3.05, 3.63) is 41.0 Å². The minimum atomic E-state index is 0. The second kappa shape index (κ2) is 10.5. The first kappa shape index (κ1) is 17.4. The Labute approximate surface area is 102 Å². The molecule has 0 aromatic heterocycles. The molecular formula is C16H28. The van der Waals surface area contributed by atoms with E-state index in [4.69, 9.17) is 0 Å². The van der Waals surface area contributed by atoms with E-state index in [0.29, 0.717) is 0 Å². The largest absolute Gasteiger partial charge is 0.0836 e. The quantitative estimate of drug-likeness (QED) is 0.530. The highest BCUT2D eigenvalue weighted by Crippen LogP contribution is 2.19. The number of benzene rings is 1. The van der Waals surface area contributed by atoms with Gasteiger partial charge in [0.05, 0.1) is 0 Å². The normalized spacial score (nSPS) is 10.8. The fourth-order valence-corrected chi connectivity index (χ4v) is 1.55. The lowest BCUT2D eigenvalue weighted by molar-refractivity contribution is 0.984.